The minimum atomic E-state index is -3.64. The monoisotopic (exact) mass is 242 g/mol. The van der Waals surface area contributed by atoms with Gasteiger partial charge in [-0.15, -0.1) is 10.2 Å². The fraction of sp³-hybridized carbons (Fsp3) is 0.286. The van der Waals surface area contributed by atoms with Crippen molar-refractivity contribution in [2.75, 3.05) is 4.83 Å². The average Bonchev–Trinajstić information content (AvgIpc) is 2.75. The first kappa shape index (κ1) is 10.6. The van der Waals surface area contributed by atoms with Crippen molar-refractivity contribution in [2.45, 2.75) is 11.8 Å². The third-order valence-corrected chi connectivity index (χ3v) is 3.33. The predicted octanol–water partition coefficient (Wildman–Crippen LogP) is -0.748. The van der Waals surface area contributed by atoms with E-state index < -0.39 is 10.0 Å². The van der Waals surface area contributed by atoms with E-state index in [1.165, 1.54) is 23.5 Å². The number of hydrogen-bond donors (Lipinski definition) is 1. The van der Waals surface area contributed by atoms with E-state index >= 15 is 0 Å². The molecule has 2 rings (SSSR count). The molecule has 86 valence electrons. The number of sulfonamides is 1. The maximum Gasteiger partial charge on any atom is 0.278 e. The number of nitrogens with one attached hydrogen (secondary N) is 1. The molecule has 0 amide bonds. The van der Waals surface area contributed by atoms with Gasteiger partial charge in [0.1, 0.15) is 17.6 Å². The first-order valence-corrected chi connectivity index (χ1v) is 5.85. The van der Waals surface area contributed by atoms with Crippen LogP contribution in [0.2, 0.25) is 0 Å². The molecule has 9 heteroatoms. The number of nitrogens with zero attached hydrogens (tertiary/aromatic N) is 5. The maximum atomic E-state index is 11.9. The molecule has 0 atom stereocenters. The number of aryl methyl sites for hydroxylation is 2. The molecule has 0 fully saturated rings. The molecule has 0 unspecified atom stereocenters. The highest BCUT2D eigenvalue weighted by Crippen LogP contribution is 2.12. The van der Waals surface area contributed by atoms with Crippen molar-refractivity contribution in [1.82, 2.24) is 24.7 Å². The lowest BCUT2D eigenvalue weighted by atomic mass is 10.5. The predicted molar refractivity (Wildman–Crippen MR) is 54.5 cm³/mol. The summed E-state index contributed by atoms with van der Waals surface area (Å²) in [5, 5.41) is 10.9. The summed E-state index contributed by atoms with van der Waals surface area (Å²) in [6.45, 7) is 1.63. The van der Waals surface area contributed by atoms with Crippen molar-refractivity contribution in [3.63, 3.8) is 0 Å². The van der Waals surface area contributed by atoms with Crippen LogP contribution in [0, 0.1) is 6.92 Å². The number of rotatable bonds is 3. The summed E-state index contributed by atoms with van der Waals surface area (Å²) in [5.74, 6) is 0. The lowest BCUT2D eigenvalue weighted by Crippen LogP contribution is -2.22. The summed E-state index contributed by atoms with van der Waals surface area (Å²) in [4.78, 5) is 2.41. The van der Waals surface area contributed by atoms with Crippen molar-refractivity contribution < 1.29 is 8.42 Å². The molecular weight excluding hydrogens is 232 g/mol. The van der Waals surface area contributed by atoms with Crippen LogP contribution in [0.3, 0.4) is 0 Å². The summed E-state index contributed by atoms with van der Waals surface area (Å²) in [6.07, 6.45) is 3.94. The molecule has 0 aliphatic rings. The molecule has 0 saturated carbocycles. The molecule has 2 heterocycles. The highest BCUT2D eigenvalue weighted by atomic mass is 32.2. The minimum Gasteiger partial charge on any atom is -0.274 e. The molecule has 0 aliphatic heterocycles. The van der Waals surface area contributed by atoms with Crippen molar-refractivity contribution >= 4 is 10.0 Å². The van der Waals surface area contributed by atoms with Gasteiger partial charge in [0.25, 0.3) is 10.0 Å². The molecule has 0 aliphatic carbocycles. The van der Waals surface area contributed by atoms with Gasteiger partial charge in [0.05, 0.1) is 5.69 Å². The SMILES string of the molecule is Cc1nn(C)cc1S(=O)(=O)Nn1cnnc1. The summed E-state index contributed by atoms with van der Waals surface area (Å²) in [5.41, 5.74) is 0.433. The first-order valence-electron chi connectivity index (χ1n) is 4.37. The van der Waals surface area contributed by atoms with Crippen LogP contribution >= 0.6 is 0 Å². The Morgan fingerprint density at radius 1 is 1.31 bits per heavy atom. The van der Waals surface area contributed by atoms with Crippen molar-refractivity contribution in [1.29, 1.82) is 0 Å². The highest BCUT2D eigenvalue weighted by Gasteiger charge is 2.19. The molecule has 8 nitrogen and oxygen atoms in total. The van der Waals surface area contributed by atoms with Gasteiger partial charge >= 0.3 is 0 Å². The quantitative estimate of drug-likeness (QED) is 0.764. The Kier molecular flexibility index (Phi) is 2.38. The summed E-state index contributed by atoms with van der Waals surface area (Å²) in [6, 6.07) is 0. The van der Waals surface area contributed by atoms with Crippen molar-refractivity contribution in [2.24, 2.45) is 7.05 Å². The van der Waals surface area contributed by atoms with Crippen LogP contribution < -0.4 is 4.83 Å². The molecule has 0 radical (unpaired) electrons. The van der Waals surface area contributed by atoms with E-state index in [1.54, 1.807) is 14.0 Å². The molecular formula is C7H10N6O2S. The van der Waals surface area contributed by atoms with E-state index in [2.05, 4.69) is 20.1 Å². The summed E-state index contributed by atoms with van der Waals surface area (Å²) < 4.78 is 26.4. The molecule has 0 saturated heterocycles. The van der Waals surface area contributed by atoms with Crippen LogP contribution in [-0.4, -0.2) is 33.1 Å². The van der Waals surface area contributed by atoms with Crippen LogP contribution in [0.5, 0.6) is 0 Å². The van der Waals surface area contributed by atoms with Crippen molar-refractivity contribution in [3.05, 3.63) is 24.5 Å². The Morgan fingerprint density at radius 2 is 1.94 bits per heavy atom. The average molecular weight is 242 g/mol. The Hall–Kier alpha value is -1.90. The zero-order valence-electron chi connectivity index (χ0n) is 8.69. The third-order valence-electron chi connectivity index (χ3n) is 1.90. The van der Waals surface area contributed by atoms with Gasteiger partial charge in [-0.3, -0.25) is 4.68 Å². The fourth-order valence-corrected chi connectivity index (χ4v) is 2.47. The minimum absolute atomic E-state index is 0.128. The lowest BCUT2D eigenvalue weighted by molar-refractivity contribution is 0.594. The second-order valence-electron chi connectivity index (χ2n) is 3.22. The Morgan fingerprint density at radius 3 is 2.44 bits per heavy atom. The van der Waals surface area contributed by atoms with Gasteiger partial charge in [0.2, 0.25) is 0 Å². The van der Waals surface area contributed by atoms with E-state index in [0.29, 0.717) is 5.69 Å². The van der Waals surface area contributed by atoms with Gasteiger partial charge < -0.3 is 0 Å². The maximum absolute atomic E-state index is 11.9. The van der Waals surface area contributed by atoms with Gasteiger partial charge in [-0.05, 0) is 6.92 Å². The fourth-order valence-electron chi connectivity index (χ4n) is 1.28. The van der Waals surface area contributed by atoms with Gasteiger partial charge in [0.15, 0.2) is 0 Å². The normalized spacial score (nSPS) is 11.6. The highest BCUT2D eigenvalue weighted by molar-refractivity contribution is 7.92. The first-order chi connectivity index (χ1) is 7.49. The van der Waals surface area contributed by atoms with E-state index in [1.807, 2.05) is 0 Å². The van der Waals surface area contributed by atoms with Crippen molar-refractivity contribution in [3.8, 4) is 0 Å². The smallest absolute Gasteiger partial charge is 0.274 e. The zero-order valence-corrected chi connectivity index (χ0v) is 9.51. The topological polar surface area (TPSA) is 94.7 Å². The molecule has 0 bridgehead atoms. The van der Waals surface area contributed by atoms with E-state index in [9.17, 15) is 8.42 Å². The van der Waals surface area contributed by atoms with Crippen LogP contribution in [-0.2, 0) is 17.1 Å². The summed E-state index contributed by atoms with van der Waals surface area (Å²) in [7, 11) is -1.99. The second kappa shape index (κ2) is 3.59. The van der Waals surface area contributed by atoms with Crippen LogP contribution in [0.1, 0.15) is 5.69 Å². The Labute approximate surface area is 91.9 Å². The molecule has 1 N–H and O–H groups in total. The molecule has 2 aromatic heterocycles. The Bertz CT molecular complexity index is 584. The second-order valence-corrected chi connectivity index (χ2v) is 4.85. The molecule has 16 heavy (non-hydrogen) atoms. The molecule has 0 spiro atoms. The van der Waals surface area contributed by atoms with Crippen LogP contribution in [0.4, 0.5) is 0 Å². The van der Waals surface area contributed by atoms with Gasteiger partial charge in [-0.1, -0.05) is 0 Å². The molecule has 2 aromatic rings. The standard InChI is InChI=1S/C7H10N6O2S/c1-6-7(3-12(2)10-6)16(14,15)11-13-4-8-9-5-13/h3-5,11H,1-2H3. The summed E-state index contributed by atoms with van der Waals surface area (Å²) >= 11 is 0. The Balaban J connectivity index is 2.36. The van der Waals surface area contributed by atoms with Crippen LogP contribution in [0.15, 0.2) is 23.7 Å². The van der Waals surface area contributed by atoms with E-state index in [-0.39, 0.29) is 4.90 Å². The van der Waals surface area contributed by atoms with Gasteiger partial charge in [-0.2, -0.15) is 13.5 Å². The number of aromatic nitrogens is 5. The van der Waals surface area contributed by atoms with Crippen LogP contribution in [0.25, 0.3) is 0 Å². The third kappa shape index (κ3) is 1.89. The van der Waals surface area contributed by atoms with E-state index in [0.717, 1.165) is 4.68 Å². The largest absolute Gasteiger partial charge is 0.278 e. The van der Waals surface area contributed by atoms with Gasteiger partial charge in [-0.25, -0.2) is 9.51 Å². The van der Waals surface area contributed by atoms with Gasteiger partial charge in [0, 0.05) is 13.2 Å². The zero-order chi connectivity index (χ0) is 11.8. The molecule has 0 aromatic carbocycles. The van der Waals surface area contributed by atoms with E-state index in [4.69, 9.17) is 0 Å². The number of hydrogen-bond acceptors (Lipinski definition) is 5. The lowest BCUT2D eigenvalue weighted by Gasteiger charge is -2.05.